The van der Waals surface area contributed by atoms with Crippen LogP contribution in [0.15, 0.2) is 55.1 Å². The molecule has 1 aliphatic rings. The fraction of sp³-hybridized carbons (Fsp3) is 0.429. The molecule has 1 aliphatic carbocycles. The van der Waals surface area contributed by atoms with Crippen molar-refractivity contribution in [3.63, 3.8) is 0 Å². The Balaban J connectivity index is 0. The molecule has 0 saturated heterocycles. The molecule has 3 unspecified atom stereocenters. The van der Waals surface area contributed by atoms with Crippen LogP contribution in [0.5, 0.6) is 0 Å². The maximum Gasteiger partial charge on any atom is 2.00 e. The van der Waals surface area contributed by atoms with E-state index in [-0.39, 0.29) is 38.6 Å². The topological polar surface area (TPSA) is 87.6 Å². The van der Waals surface area contributed by atoms with Crippen molar-refractivity contribution in [1.82, 2.24) is 5.32 Å². The third kappa shape index (κ3) is 11.6. The van der Waals surface area contributed by atoms with Crippen LogP contribution in [0.2, 0.25) is 0 Å². The van der Waals surface area contributed by atoms with E-state index in [9.17, 15) is 0 Å². The molecule has 0 bridgehead atoms. The molecular weight excluding hydrogens is 507 g/mol. The second-order valence-electron chi connectivity index (χ2n) is 6.03. The van der Waals surface area contributed by atoms with Gasteiger partial charge in [-0.1, -0.05) is 43.6 Å². The summed E-state index contributed by atoms with van der Waals surface area (Å²) in [6.45, 7) is 7.64. The first-order chi connectivity index (χ1) is 11.5. The zero-order chi connectivity index (χ0) is 17.8. The Labute approximate surface area is 172 Å². The number of rotatable bonds is 5. The zero-order valence-electron chi connectivity index (χ0n) is 15.6. The first-order valence-electron chi connectivity index (χ1n) is 8.65. The Hall–Kier alpha value is -1.03. The van der Waals surface area contributed by atoms with E-state index in [0.29, 0.717) is 0 Å². The second-order valence-corrected chi connectivity index (χ2v) is 6.03. The van der Waals surface area contributed by atoms with Crippen molar-refractivity contribution >= 4 is 5.57 Å². The van der Waals surface area contributed by atoms with Gasteiger partial charge in [-0.3, -0.25) is 5.32 Å². The predicted molar refractivity (Wildman–Crippen MR) is 107 cm³/mol. The molecule has 1 saturated carbocycles. The average molecular weight is 540 g/mol. The fourth-order valence-electron chi connectivity index (χ4n) is 2.61. The Kier molecular flexibility index (Phi) is 16.9. The van der Waals surface area contributed by atoms with Gasteiger partial charge < -0.3 is 16.3 Å². The molecule has 4 nitrogen and oxygen atoms in total. The molecule has 148 valence electrons. The summed E-state index contributed by atoms with van der Waals surface area (Å²) in [4.78, 5) is 0. The summed E-state index contributed by atoms with van der Waals surface area (Å²) < 4.78 is 0. The zero-order valence-corrected chi connectivity index (χ0v) is 17.9. The van der Waals surface area contributed by atoms with Crippen LogP contribution in [0.4, 0.5) is 0 Å². The van der Waals surface area contributed by atoms with Crippen LogP contribution in [-0.2, 0) is 21.1 Å². The molecule has 0 heterocycles. The van der Waals surface area contributed by atoms with E-state index in [1.165, 1.54) is 12.8 Å². The number of allylic oxidation sites excluding steroid dienone is 5. The van der Waals surface area contributed by atoms with E-state index in [1.807, 2.05) is 55.5 Å². The monoisotopic (exact) mass is 539 g/mol. The van der Waals surface area contributed by atoms with Crippen LogP contribution >= 0.6 is 0 Å². The molecule has 5 heteroatoms. The van der Waals surface area contributed by atoms with Crippen molar-refractivity contribution in [1.29, 1.82) is 0 Å². The molecule has 1 aromatic rings. The Morgan fingerprint density at radius 3 is 2.58 bits per heavy atom. The molecule has 1 aromatic carbocycles. The van der Waals surface area contributed by atoms with Gasteiger partial charge in [-0.25, -0.2) is 0 Å². The summed E-state index contributed by atoms with van der Waals surface area (Å²) in [7, 11) is 0. The van der Waals surface area contributed by atoms with Crippen LogP contribution < -0.4 is 5.32 Å². The van der Waals surface area contributed by atoms with Crippen molar-refractivity contribution in [3.05, 3.63) is 72.5 Å². The quantitative estimate of drug-likeness (QED) is 0.336. The summed E-state index contributed by atoms with van der Waals surface area (Å²) in [6, 6.07) is 11.1. The minimum Gasteiger partial charge on any atom is -0.673 e. The van der Waals surface area contributed by atoms with E-state index in [2.05, 4.69) is 18.0 Å². The Morgan fingerprint density at radius 1 is 1.35 bits per heavy atom. The SMILES string of the molecule is C=C(/C=C\C=C/C)c1[c-]cccc1.CC(O)NC1CCCCC1[NH-].O.[Pt+2]. The molecule has 0 radical (unpaired) electrons. The molecule has 2 rings (SSSR count). The Morgan fingerprint density at radius 2 is 2.04 bits per heavy atom. The third-order valence-corrected chi connectivity index (χ3v) is 3.88. The van der Waals surface area contributed by atoms with E-state index >= 15 is 0 Å². The van der Waals surface area contributed by atoms with Gasteiger partial charge in [0.15, 0.2) is 0 Å². The van der Waals surface area contributed by atoms with Crippen molar-refractivity contribution < 1.29 is 31.6 Å². The van der Waals surface area contributed by atoms with E-state index < -0.39 is 6.23 Å². The summed E-state index contributed by atoms with van der Waals surface area (Å²) in [5.41, 5.74) is 9.68. The molecule has 26 heavy (non-hydrogen) atoms. The largest absolute Gasteiger partial charge is 2.00 e. The van der Waals surface area contributed by atoms with Gasteiger partial charge in [-0.2, -0.15) is 0 Å². The van der Waals surface area contributed by atoms with Crippen molar-refractivity contribution in [2.45, 2.75) is 57.8 Å². The van der Waals surface area contributed by atoms with Gasteiger partial charge >= 0.3 is 21.1 Å². The maximum absolute atomic E-state index is 9.03. The third-order valence-electron chi connectivity index (χ3n) is 3.88. The summed E-state index contributed by atoms with van der Waals surface area (Å²) in [5, 5.41) is 12.0. The smallest absolute Gasteiger partial charge is 0.673 e. The molecule has 0 amide bonds. The molecule has 1 fully saturated rings. The van der Waals surface area contributed by atoms with Gasteiger partial charge in [0.25, 0.3) is 0 Å². The molecule has 3 atom stereocenters. The van der Waals surface area contributed by atoms with Gasteiger partial charge in [0.2, 0.25) is 0 Å². The molecule has 0 aromatic heterocycles. The first kappa shape index (κ1) is 27.2. The van der Waals surface area contributed by atoms with Gasteiger partial charge in [-0.15, -0.1) is 54.1 Å². The summed E-state index contributed by atoms with van der Waals surface area (Å²) >= 11 is 0. The van der Waals surface area contributed by atoms with Gasteiger partial charge in [0, 0.05) is 0 Å². The molecular formula is C21H32N2O2Pt. The van der Waals surface area contributed by atoms with Gasteiger partial charge in [-0.05, 0) is 26.3 Å². The summed E-state index contributed by atoms with van der Waals surface area (Å²) in [6.07, 6.45) is 11.8. The van der Waals surface area contributed by atoms with Crippen LogP contribution in [-0.4, -0.2) is 28.9 Å². The standard InChI is InChI=1S/C13H13.C8H17N2O.H2O.Pt/c1-3-4-6-9-12(2)13-10-7-5-8-11-13;1-6(11)10-8-5-3-2-4-7(8)9;;/h3-10H,2H2,1H3;6-11H,2-5H2,1H3;1H2;/q2*-1;;+2/b4-3-,9-6-;;;. The normalized spacial score (nSPS) is 20.5. The van der Waals surface area contributed by atoms with Crippen molar-refractivity contribution in [3.8, 4) is 0 Å². The molecule has 5 N–H and O–H groups in total. The predicted octanol–water partition coefficient (Wildman–Crippen LogP) is 4.08. The van der Waals surface area contributed by atoms with Gasteiger partial charge in [0.05, 0.1) is 0 Å². The van der Waals surface area contributed by atoms with Crippen LogP contribution in [0.1, 0.15) is 45.1 Å². The minimum atomic E-state index is -0.467. The average Bonchev–Trinajstić information content (AvgIpc) is 2.58. The summed E-state index contributed by atoms with van der Waals surface area (Å²) in [5.74, 6) is 0. The number of hydrogen-bond donors (Lipinski definition) is 2. The van der Waals surface area contributed by atoms with Crippen LogP contribution in [0.25, 0.3) is 11.3 Å². The Bertz CT molecular complexity index is 530. The van der Waals surface area contributed by atoms with E-state index in [0.717, 1.165) is 24.0 Å². The number of nitrogens with one attached hydrogen (secondary N) is 2. The molecule has 0 aliphatic heterocycles. The first-order valence-corrected chi connectivity index (χ1v) is 8.65. The molecule has 0 spiro atoms. The van der Waals surface area contributed by atoms with E-state index in [1.54, 1.807) is 6.92 Å². The van der Waals surface area contributed by atoms with Crippen LogP contribution in [0, 0.1) is 6.07 Å². The number of aliphatic hydroxyl groups is 1. The fourth-order valence-corrected chi connectivity index (χ4v) is 2.61. The number of benzene rings is 1. The number of hydrogen-bond acceptors (Lipinski definition) is 2. The maximum atomic E-state index is 9.03. The van der Waals surface area contributed by atoms with Crippen LogP contribution in [0.3, 0.4) is 0 Å². The van der Waals surface area contributed by atoms with E-state index in [4.69, 9.17) is 10.8 Å². The minimum absolute atomic E-state index is 0. The van der Waals surface area contributed by atoms with Crippen molar-refractivity contribution in [2.24, 2.45) is 0 Å². The second kappa shape index (κ2) is 16.2. The number of aliphatic hydroxyl groups excluding tert-OH is 1. The van der Waals surface area contributed by atoms with Crippen molar-refractivity contribution in [2.75, 3.05) is 0 Å². The van der Waals surface area contributed by atoms with Gasteiger partial charge in [0.1, 0.15) is 6.23 Å².